The van der Waals surface area contributed by atoms with Crippen molar-refractivity contribution in [2.24, 2.45) is 0 Å². The van der Waals surface area contributed by atoms with Crippen LogP contribution in [0.1, 0.15) is 77.5 Å². The summed E-state index contributed by atoms with van der Waals surface area (Å²) < 4.78 is 14.1. The first-order valence-corrected chi connectivity index (χ1v) is 15.6. The predicted octanol–water partition coefficient (Wildman–Crippen LogP) is 6.33. The number of carbonyl (C=O) groups is 2. The molecule has 1 fully saturated rings. The first-order valence-electron chi connectivity index (χ1n) is 14.7. The van der Waals surface area contributed by atoms with Crippen molar-refractivity contribution in [1.29, 1.82) is 0 Å². The molecular formula is C33H40FN3O2S. The van der Waals surface area contributed by atoms with E-state index in [1.165, 1.54) is 41.3 Å². The number of rotatable bonds is 9. The summed E-state index contributed by atoms with van der Waals surface area (Å²) in [7, 11) is 0. The van der Waals surface area contributed by atoms with Gasteiger partial charge in [-0.25, -0.2) is 4.39 Å². The number of aryl methyl sites for hydroxylation is 1. The van der Waals surface area contributed by atoms with Gasteiger partial charge in [-0.2, -0.15) is 0 Å². The molecule has 2 aliphatic rings. The molecule has 1 saturated heterocycles. The molecule has 40 heavy (non-hydrogen) atoms. The summed E-state index contributed by atoms with van der Waals surface area (Å²) in [6.07, 6.45) is 6.01. The molecule has 7 heteroatoms. The number of piperazine rings is 1. The van der Waals surface area contributed by atoms with E-state index >= 15 is 0 Å². The molecule has 0 saturated carbocycles. The zero-order chi connectivity index (χ0) is 28.1. The van der Waals surface area contributed by atoms with Gasteiger partial charge in [0.1, 0.15) is 5.82 Å². The number of thiophene rings is 1. The summed E-state index contributed by atoms with van der Waals surface area (Å²) in [4.78, 5) is 34.0. The van der Waals surface area contributed by atoms with E-state index in [1.54, 1.807) is 23.5 Å². The van der Waals surface area contributed by atoms with Gasteiger partial charge in [0.2, 0.25) is 5.91 Å². The van der Waals surface area contributed by atoms with Crippen molar-refractivity contribution in [3.8, 4) is 0 Å². The van der Waals surface area contributed by atoms with E-state index in [9.17, 15) is 14.0 Å². The topological polar surface area (TPSA) is 43.9 Å². The Hall–Kier alpha value is -3.03. The Kier molecular flexibility index (Phi) is 9.33. The van der Waals surface area contributed by atoms with Crippen molar-refractivity contribution >= 4 is 23.2 Å². The number of halogens is 1. The van der Waals surface area contributed by atoms with Gasteiger partial charge in [-0.05, 0) is 78.6 Å². The molecule has 0 bridgehead atoms. The highest BCUT2D eigenvalue weighted by Crippen LogP contribution is 2.38. The Balaban J connectivity index is 1.17. The molecule has 3 heterocycles. The van der Waals surface area contributed by atoms with E-state index in [4.69, 9.17) is 0 Å². The molecule has 0 radical (unpaired) electrons. The monoisotopic (exact) mass is 561 g/mol. The minimum atomic E-state index is -0.236. The maximum absolute atomic E-state index is 14.1. The fourth-order valence-electron chi connectivity index (χ4n) is 6.12. The van der Waals surface area contributed by atoms with Crippen molar-refractivity contribution in [3.63, 3.8) is 0 Å². The second-order valence-electron chi connectivity index (χ2n) is 11.1. The van der Waals surface area contributed by atoms with Crippen molar-refractivity contribution in [2.75, 3.05) is 32.7 Å². The average Bonchev–Trinajstić information content (AvgIpc) is 3.44. The summed E-state index contributed by atoms with van der Waals surface area (Å²) >= 11 is 1.75. The third kappa shape index (κ3) is 6.47. The van der Waals surface area contributed by atoms with Crippen LogP contribution in [-0.4, -0.2) is 65.3 Å². The van der Waals surface area contributed by atoms with Gasteiger partial charge < -0.3 is 9.80 Å². The lowest BCUT2D eigenvalue weighted by atomic mass is 9.93. The van der Waals surface area contributed by atoms with Crippen molar-refractivity contribution in [3.05, 3.63) is 92.9 Å². The maximum atomic E-state index is 14.1. The second-order valence-corrected chi connectivity index (χ2v) is 12.1. The molecule has 0 N–H and O–H groups in total. The molecule has 1 aromatic heterocycles. The number of amides is 2. The third-order valence-electron chi connectivity index (χ3n) is 8.35. The van der Waals surface area contributed by atoms with E-state index in [-0.39, 0.29) is 29.7 Å². The van der Waals surface area contributed by atoms with E-state index in [1.807, 2.05) is 34.9 Å². The van der Waals surface area contributed by atoms with Crippen LogP contribution in [0.3, 0.4) is 0 Å². The van der Waals surface area contributed by atoms with Crippen molar-refractivity contribution in [1.82, 2.24) is 14.7 Å². The van der Waals surface area contributed by atoms with Gasteiger partial charge in [0.15, 0.2) is 0 Å². The Labute approximate surface area is 241 Å². The largest absolute Gasteiger partial charge is 0.339 e. The SMILES string of the molecule is CCCCCc1ccc(C(=O)N2CCN(C(=O)CCN3CCc4sccc4[C@@H]3c3cccc(F)c3)C[C@H]2C)cc1. The summed E-state index contributed by atoms with van der Waals surface area (Å²) in [6.45, 7) is 7.32. The van der Waals surface area contributed by atoms with Crippen molar-refractivity contribution in [2.45, 2.75) is 64.5 Å². The standard InChI is InChI=1S/C33H40FN3O2S/c1-3-4-5-7-25-10-12-26(13-11-25)33(39)37-20-19-36(23-24(37)2)31(38)15-18-35-17-14-30-29(16-21-40-30)32(35)27-8-6-9-28(34)22-27/h6,8-13,16,21-22,24,32H,3-5,7,14-15,17-20,23H2,1-2H3/t24-,32+/m1/s1. The normalized spacial score (nSPS) is 19.5. The second kappa shape index (κ2) is 13.1. The lowest BCUT2D eigenvalue weighted by Crippen LogP contribution is -2.55. The lowest BCUT2D eigenvalue weighted by molar-refractivity contribution is -0.134. The molecule has 5 rings (SSSR count). The Morgan fingerprint density at radius 2 is 1.85 bits per heavy atom. The number of carbonyl (C=O) groups excluding carboxylic acids is 2. The number of benzene rings is 2. The third-order valence-corrected chi connectivity index (χ3v) is 9.35. The van der Waals surface area contributed by atoms with Gasteiger partial charge in [0.25, 0.3) is 5.91 Å². The molecule has 212 valence electrons. The highest BCUT2D eigenvalue weighted by molar-refractivity contribution is 7.10. The van der Waals surface area contributed by atoms with Crippen LogP contribution in [0, 0.1) is 5.82 Å². The summed E-state index contributed by atoms with van der Waals surface area (Å²) in [5.41, 5.74) is 4.15. The van der Waals surface area contributed by atoms with Crippen LogP contribution in [0.15, 0.2) is 60.0 Å². The van der Waals surface area contributed by atoms with Gasteiger partial charge >= 0.3 is 0 Å². The van der Waals surface area contributed by atoms with Gasteiger partial charge in [-0.1, -0.05) is 44.0 Å². The number of fused-ring (bicyclic) bond motifs is 1. The molecule has 2 amide bonds. The number of hydrogen-bond donors (Lipinski definition) is 0. The van der Waals surface area contributed by atoms with E-state index < -0.39 is 0 Å². The molecule has 2 atom stereocenters. The first-order chi connectivity index (χ1) is 19.4. The Morgan fingerprint density at radius 3 is 2.60 bits per heavy atom. The van der Waals surface area contributed by atoms with E-state index in [2.05, 4.69) is 35.4 Å². The summed E-state index contributed by atoms with van der Waals surface area (Å²) in [5.74, 6) is -0.0813. The highest BCUT2D eigenvalue weighted by Gasteiger charge is 2.33. The quantitative estimate of drug-likeness (QED) is 0.287. The van der Waals surface area contributed by atoms with E-state index in [0.717, 1.165) is 24.9 Å². The molecule has 0 aliphatic carbocycles. The number of nitrogens with zero attached hydrogens (tertiary/aromatic N) is 3. The molecule has 2 aromatic carbocycles. The highest BCUT2D eigenvalue weighted by atomic mass is 32.1. The van der Waals surface area contributed by atoms with Crippen LogP contribution in [-0.2, 0) is 17.6 Å². The molecule has 5 nitrogen and oxygen atoms in total. The zero-order valence-electron chi connectivity index (χ0n) is 23.7. The first kappa shape index (κ1) is 28.5. The smallest absolute Gasteiger partial charge is 0.254 e. The Bertz CT molecular complexity index is 1310. The minimum absolute atomic E-state index is 0.0371. The summed E-state index contributed by atoms with van der Waals surface area (Å²) in [6, 6.07) is 16.9. The van der Waals surface area contributed by atoms with Crippen LogP contribution >= 0.6 is 11.3 Å². The van der Waals surface area contributed by atoms with Crippen LogP contribution in [0.25, 0.3) is 0 Å². The van der Waals surface area contributed by atoms with Crippen LogP contribution < -0.4 is 0 Å². The predicted molar refractivity (Wildman–Crippen MR) is 159 cm³/mol. The zero-order valence-corrected chi connectivity index (χ0v) is 24.5. The fraction of sp³-hybridized carbons (Fsp3) is 0.455. The molecule has 0 spiro atoms. The van der Waals surface area contributed by atoms with Crippen LogP contribution in [0.4, 0.5) is 4.39 Å². The molecule has 0 unspecified atom stereocenters. The molecule has 3 aromatic rings. The van der Waals surface area contributed by atoms with Crippen LogP contribution in [0.5, 0.6) is 0 Å². The molecular weight excluding hydrogens is 521 g/mol. The van der Waals surface area contributed by atoms with Gasteiger partial charge in [0.05, 0.1) is 6.04 Å². The lowest BCUT2D eigenvalue weighted by Gasteiger charge is -2.41. The fourth-order valence-corrected chi connectivity index (χ4v) is 7.02. The minimum Gasteiger partial charge on any atom is -0.339 e. The van der Waals surface area contributed by atoms with Gasteiger partial charge in [-0.15, -0.1) is 11.3 Å². The van der Waals surface area contributed by atoms with Crippen molar-refractivity contribution < 1.29 is 14.0 Å². The Morgan fingerprint density at radius 1 is 1.02 bits per heavy atom. The van der Waals surface area contributed by atoms with Gasteiger partial charge in [-0.3, -0.25) is 14.5 Å². The number of unbranched alkanes of at least 4 members (excludes halogenated alkanes) is 2. The average molecular weight is 562 g/mol. The van der Waals surface area contributed by atoms with Gasteiger partial charge in [0, 0.05) is 55.6 Å². The van der Waals surface area contributed by atoms with E-state index in [0.29, 0.717) is 38.2 Å². The molecule has 2 aliphatic heterocycles. The van der Waals surface area contributed by atoms with Crippen LogP contribution in [0.2, 0.25) is 0 Å². The summed E-state index contributed by atoms with van der Waals surface area (Å²) in [5, 5.41) is 2.11. The maximum Gasteiger partial charge on any atom is 0.254 e. The number of hydrogen-bond acceptors (Lipinski definition) is 4.